The summed E-state index contributed by atoms with van der Waals surface area (Å²) in [5.74, 6) is -0.0465. The molecule has 1 amide bonds. The lowest BCUT2D eigenvalue weighted by Crippen LogP contribution is -2.53. The molecule has 0 bridgehead atoms. The van der Waals surface area contributed by atoms with Crippen LogP contribution in [0, 0.1) is 6.92 Å². The summed E-state index contributed by atoms with van der Waals surface area (Å²) in [6.07, 6.45) is 4.20. The van der Waals surface area contributed by atoms with Crippen LogP contribution in [-0.4, -0.2) is 51.4 Å². The van der Waals surface area contributed by atoms with E-state index in [0.717, 1.165) is 44.1 Å². The van der Waals surface area contributed by atoms with Gasteiger partial charge in [0.05, 0.1) is 5.69 Å². The number of benzene rings is 1. The third-order valence-corrected chi connectivity index (χ3v) is 4.70. The van der Waals surface area contributed by atoms with Crippen LogP contribution in [0.15, 0.2) is 54.9 Å². The fraction of sp³-hybridized carbons (Fsp3) is 0.300. The average molecular weight is 349 g/mol. The number of nitrogens with zero attached hydrogens (tertiary/aromatic N) is 4. The van der Waals surface area contributed by atoms with Gasteiger partial charge < -0.3 is 4.40 Å². The first-order valence-electron chi connectivity index (χ1n) is 8.95. The van der Waals surface area contributed by atoms with Crippen molar-refractivity contribution < 1.29 is 4.79 Å². The van der Waals surface area contributed by atoms with E-state index in [0.29, 0.717) is 5.56 Å². The van der Waals surface area contributed by atoms with Gasteiger partial charge in [0.1, 0.15) is 5.65 Å². The number of pyridine rings is 1. The Morgan fingerprint density at radius 2 is 1.81 bits per heavy atom. The Morgan fingerprint density at radius 3 is 2.58 bits per heavy atom. The molecular formula is C20H23N5O. The molecule has 0 radical (unpaired) electrons. The number of hydrogen-bond donors (Lipinski definition) is 1. The van der Waals surface area contributed by atoms with Crippen molar-refractivity contribution in [2.45, 2.75) is 13.5 Å². The third-order valence-electron chi connectivity index (χ3n) is 4.70. The first kappa shape index (κ1) is 16.8. The third kappa shape index (κ3) is 3.76. The maximum absolute atomic E-state index is 12.2. The van der Waals surface area contributed by atoms with Gasteiger partial charge in [-0.25, -0.2) is 9.99 Å². The maximum Gasteiger partial charge on any atom is 0.265 e. The molecule has 0 unspecified atom stereocenters. The van der Waals surface area contributed by atoms with Crippen LogP contribution in [0.1, 0.15) is 21.6 Å². The summed E-state index contributed by atoms with van der Waals surface area (Å²) in [5.41, 5.74) is 6.98. The summed E-state index contributed by atoms with van der Waals surface area (Å²) >= 11 is 0. The number of carbonyl (C=O) groups is 1. The zero-order chi connectivity index (χ0) is 17.9. The van der Waals surface area contributed by atoms with Crippen LogP contribution in [0.3, 0.4) is 0 Å². The quantitative estimate of drug-likeness (QED) is 0.784. The van der Waals surface area contributed by atoms with Crippen molar-refractivity contribution in [2.24, 2.45) is 0 Å². The molecule has 3 heterocycles. The molecule has 3 aromatic rings. The minimum atomic E-state index is -0.0465. The summed E-state index contributed by atoms with van der Waals surface area (Å²) < 4.78 is 2.08. The largest absolute Gasteiger partial charge is 0.307 e. The highest BCUT2D eigenvalue weighted by Gasteiger charge is 2.19. The lowest BCUT2D eigenvalue weighted by Gasteiger charge is -2.34. The monoisotopic (exact) mass is 349 g/mol. The van der Waals surface area contributed by atoms with E-state index in [2.05, 4.69) is 46.2 Å². The number of fused-ring (bicyclic) bond motifs is 1. The second-order valence-electron chi connectivity index (χ2n) is 6.77. The van der Waals surface area contributed by atoms with E-state index in [1.54, 1.807) is 0 Å². The summed E-state index contributed by atoms with van der Waals surface area (Å²) in [4.78, 5) is 19.3. The Bertz CT molecular complexity index is 897. The molecule has 1 N–H and O–H groups in total. The first-order chi connectivity index (χ1) is 12.7. The molecule has 0 saturated carbocycles. The zero-order valence-electron chi connectivity index (χ0n) is 14.9. The van der Waals surface area contributed by atoms with Crippen LogP contribution in [0.25, 0.3) is 5.65 Å². The second kappa shape index (κ2) is 7.27. The summed E-state index contributed by atoms with van der Waals surface area (Å²) in [7, 11) is 0. The van der Waals surface area contributed by atoms with E-state index < -0.39 is 0 Å². The zero-order valence-corrected chi connectivity index (χ0v) is 14.9. The molecule has 1 aliphatic heterocycles. The number of rotatable bonds is 4. The van der Waals surface area contributed by atoms with E-state index >= 15 is 0 Å². The van der Waals surface area contributed by atoms with Crippen molar-refractivity contribution in [3.63, 3.8) is 0 Å². The Balaban J connectivity index is 1.31. The van der Waals surface area contributed by atoms with Crippen molar-refractivity contribution in [3.05, 3.63) is 71.7 Å². The molecule has 1 fully saturated rings. The van der Waals surface area contributed by atoms with Gasteiger partial charge in [0, 0.05) is 50.7 Å². The Kier molecular flexibility index (Phi) is 4.69. The number of imidazole rings is 1. The van der Waals surface area contributed by atoms with Gasteiger partial charge in [0.2, 0.25) is 0 Å². The Hall–Kier alpha value is -2.70. The van der Waals surface area contributed by atoms with Gasteiger partial charge in [-0.3, -0.25) is 15.1 Å². The lowest BCUT2D eigenvalue weighted by molar-refractivity contribution is 0.0602. The highest BCUT2D eigenvalue weighted by Crippen LogP contribution is 2.11. The highest BCUT2D eigenvalue weighted by atomic mass is 16.2. The molecule has 1 saturated heterocycles. The smallest absolute Gasteiger partial charge is 0.265 e. The Labute approximate surface area is 153 Å². The fourth-order valence-electron chi connectivity index (χ4n) is 3.28. The molecule has 6 heteroatoms. The van der Waals surface area contributed by atoms with E-state index in [9.17, 15) is 4.79 Å². The van der Waals surface area contributed by atoms with Gasteiger partial charge in [-0.05, 0) is 30.7 Å². The number of hydrogen-bond acceptors (Lipinski definition) is 4. The number of piperazine rings is 1. The average Bonchev–Trinajstić information content (AvgIpc) is 3.05. The van der Waals surface area contributed by atoms with Crippen LogP contribution in [-0.2, 0) is 6.54 Å². The number of amides is 1. The molecule has 0 aliphatic carbocycles. The normalized spacial score (nSPS) is 16.0. The minimum absolute atomic E-state index is 0.0465. The molecule has 0 atom stereocenters. The van der Waals surface area contributed by atoms with E-state index in [4.69, 9.17) is 4.98 Å². The van der Waals surface area contributed by atoms with Crippen molar-refractivity contribution in [1.82, 2.24) is 24.7 Å². The molecule has 2 aromatic heterocycles. The molecule has 0 spiro atoms. The lowest BCUT2D eigenvalue weighted by atomic mass is 10.2. The number of hydrazine groups is 1. The number of carbonyl (C=O) groups excluding carboxylic acids is 1. The SMILES string of the molecule is Cc1ccc2nc(CN3CCN(NC(=O)c4ccccc4)CC3)cn2c1. The molecule has 1 aromatic carbocycles. The van der Waals surface area contributed by atoms with E-state index in [1.807, 2.05) is 35.3 Å². The van der Waals surface area contributed by atoms with Gasteiger partial charge in [-0.2, -0.15) is 0 Å². The molecule has 134 valence electrons. The van der Waals surface area contributed by atoms with Crippen LogP contribution in [0.5, 0.6) is 0 Å². The topological polar surface area (TPSA) is 52.9 Å². The van der Waals surface area contributed by atoms with Gasteiger partial charge in [0.15, 0.2) is 0 Å². The molecule has 4 rings (SSSR count). The van der Waals surface area contributed by atoms with Crippen LogP contribution in [0.2, 0.25) is 0 Å². The minimum Gasteiger partial charge on any atom is -0.307 e. The van der Waals surface area contributed by atoms with Crippen LogP contribution < -0.4 is 5.43 Å². The molecule has 6 nitrogen and oxygen atoms in total. The summed E-state index contributed by atoms with van der Waals surface area (Å²) in [6, 6.07) is 13.5. The Morgan fingerprint density at radius 1 is 1.04 bits per heavy atom. The van der Waals surface area contributed by atoms with Crippen molar-refractivity contribution >= 4 is 11.6 Å². The standard InChI is InChI=1S/C20H23N5O/c1-16-7-8-19-21-18(15-24(19)13-16)14-23-9-11-25(12-10-23)22-20(26)17-5-3-2-4-6-17/h2-8,13,15H,9-12,14H2,1H3,(H,22,26). The fourth-order valence-corrected chi connectivity index (χ4v) is 3.28. The molecule has 1 aliphatic rings. The summed E-state index contributed by atoms with van der Waals surface area (Å²) in [6.45, 7) is 6.35. The van der Waals surface area contributed by atoms with Gasteiger partial charge >= 0.3 is 0 Å². The number of aromatic nitrogens is 2. The van der Waals surface area contributed by atoms with Crippen molar-refractivity contribution in [1.29, 1.82) is 0 Å². The maximum atomic E-state index is 12.2. The highest BCUT2D eigenvalue weighted by molar-refractivity contribution is 5.93. The van der Waals surface area contributed by atoms with Gasteiger partial charge in [0.25, 0.3) is 5.91 Å². The summed E-state index contributed by atoms with van der Waals surface area (Å²) in [5, 5.41) is 2.00. The van der Waals surface area contributed by atoms with Gasteiger partial charge in [-0.1, -0.05) is 24.3 Å². The van der Waals surface area contributed by atoms with Crippen molar-refractivity contribution in [2.75, 3.05) is 26.2 Å². The predicted octanol–water partition coefficient (Wildman–Crippen LogP) is 2.11. The second-order valence-corrected chi connectivity index (χ2v) is 6.77. The van der Waals surface area contributed by atoms with E-state index in [1.165, 1.54) is 5.56 Å². The molecule has 26 heavy (non-hydrogen) atoms. The van der Waals surface area contributed by atoms with Crippen LogP contribution in [0.4, 0.5) is 0 Å². The number of nitrogens with one attached hydrogen (secondary N) is 1. The van der Waals surface area contributed by atoms with Gasteiger partial charge in [-0.15, -0.1) is 0 Å². The first-order valence-corrected chi connectivity index (χ1v) is 8.95. The van der Waals surface area contributed by atoms with E-state index in [-0.39, 0.29) is 5.91 Å². The van der Waals surface area contributed by atoms with Crippen molar-refractivity contribution in [3.8, 4) is 0 Å². The number of aryl methyl sites for hydroxylation is 1. The predicted molar refractivity (Wildman–Crippen MR) is 101 cm³/mol. The van der Waals surface area contributed by atoms with Crippen LogP contribution >= 0.6 is 0 Å². The molecular weight excluding hydrogens is 326 g/mol.